The van der Waals surface area contributed by atoms with Crippen LogP contribution in [0.25, 0.3) is 5.57 Å². The van der Waals surface area contributed by atoms with Gasteiger partial charge in [-0.05, 0) is 26.3 Å². The first-order valence-corrected chi connectivity index (χ1v) is 5.86. The topological polar surface area (TPSA) is 85.9 Å². The first kappa shape index (κ1) is 11.8. The summed E-state index contributed by atoms with van der Waals surface area (Å²) in [5, 5.41) is 5.01. The summed E-state index contributed by atoms with van der Waals surface area (Å²) in [5.74, 6) is 0. The molecule has 0 unspecified atom stereocenters. The van der Waals surface area contributed by atoms with E-state index in [4.69, 9.17) is 5.14 Å². The molecule has 1 heterocycles. The van der Waals surface area contributed by atoms with Gasteiger partial charge in [-0.2, -0.15) is 0 Å². The lowest BCUT2D eigenvalue weighted by molar-refractivity contribution is 0.603. The highest BCUT2D eigenvalue weighted by molar-refractivity contribution is 7.93. The van der Waals surface area contributed by atoms with Gasteiger partial charge < -0.3 is 0 Å². The third-order valence-electron chi connectivity index (χ3n) is 2.12. The molecule has 0 fully saturated rings. The van der Waals surface area contributed by atoms with Gasteiger partial charge in [0.1, 0.15) is 0 Å². The summed E-state index contributed by atoms with van der Waals surface area (Å²) in [6, 6.07) is 0. The molecule has 0 radical (unpaired) electrons. The number of nitrogens with zero attached hydrogens (tertiary/aromatic N) is 2. The normalized spacial score (nSPS) is 13.6. The van der Waals surface area contributed by atoms with Crippen LogP contribution in [0.2, 0.25) is 0 Å². The van der Waals surface area contributed by atoms with E-state index in [0.29, 0.717) is 11.3 Å². The number of allylic oxidation sites excluding steroid dienone is 2. The Labute approximate surface area is 89.1 Å². The summed E-state index contributed by atoms with van der Waals surface area (Å²) in [7, 11) is -3.65. The van der Waals surface area contributed by atoms with Gasteiger partial charge in [0.05, 0.1) is 22.5 Å². The van der Waals surface area contributed by atoms with Gasteiger partial charge in [-0.1, -0.05) is 0 Å². The summed E-state index contributed by atoms with van der Waals surface area (Å²) < 4.78 is 22.2. The van der Waals surface area contributed by atoms with E-state index in [1.165, 1.54) is 13.1 Å². The lowest BCUT2D eigenvalue weighted by atomic mass is 10.2. The minimum atomic E-state index is -3.65. The van der Waals surface area contributed by atoms with Crippen molar-refractivity contribution in [2.75, 3.05) is 0 Å². The number of rotatable bonds is 2. The van der Waals surface area contributed by atoms with Crippen molar-refractivity contribution in [1.29, 1.82) is 0 Å². The first-order chi connectivity index (χ1) is 6.82. The van der Waals surface area contributed by atoms with Gasteiger partial charge in [0.2, 0.25) is 10.0 Å². The van der Waals surface area contributed by atoms with Gasteiger partial charge in [-0.15, -0.1) is 0 Å². The Kier molecular flexibility index (Phi) is 3.21. The molecule has 0 aliphatic rings. The monoisotopic (exact) mass is 227 g/mol. The molecule has 82 valence electrons. The fraction of sp³-hybridized carbons (Fsp3) is 0.333. The summed E-state index contributed by atoms with van der Waals surface area (Å²) in [6.45, 7) is 4.91. The van der Waals surface area contributed by atoms with Crippen LogP contribution < -0.4 is 5.14 Å². The predicted octanol–water partition coefficient (Wildman–Crippen LogP) is 0.824. The van der Waals surface area contributed by atoms with E-state index in [1.54, 1.807) is 13.1 Å². The van der Waals surface area contributed by atoms with Crippen molar-refractivity contribution >= 4 is 15.6 Å². The van der Waals surface area contributed by atoms with Gasteiger partial charge in [0, 0.05) is 6.20 Å². The van der Waals surface area contributed by atoms with Gasteiger partial charge in [-0.3, -0.25) is 9.97 Å². The Bertz CT molecular complexity index is 489. The van der Waals surface area contributed by atoms with E-state index in [-0.39, 0.29) is 4.91 Å². The largest absolute Gasteiger partial charge is 0.258 e. The van der Waals surface area contributed by atoms with Crippen molar-refractivity contribution in [3.8, 4) is 0 Å². The van der Waals surface area contributed by atoms with Crippen LogP contribution in [-0.4, -0.2) is 18.4 Å². The Hall–Kier alpha value is -1.27. The van der Waals surface area contributed by atoms with Crippen LogP contribution in [0.1, 0.15) is 25.2 Å². The van der Waals surface area contributed by atoms with E-state index in [1.807, 2.05) is 6.92 Å². The fourth-order valence-electron chi connectivity index (χ4n) is 0.980. The Morgan fingerprint density at radius 2 is 1.87 bits per heavy atom. The lowest BCUT2D eigenvalue weighted by Gasteiger charge is -2.04. The highest BCUT2D eigenvalue weighted by Gasteiger charge is 2.12. The van der Waals surface area contributed by atoms with Gasteiger partial charge in [0.15, 0.2) is 0 Å². The first-order valence-electron chi connectivity index (χ1n) is 4.31. The van der Waals surface area contributed by atoms with Crippen LogP contribution in [0, 0.1) is 6.92 Å². The van der Waals surface area contributed by atoms with Crippen molar-refractivity contribution < 1.29 is 8.42 Å². The highest BCUT2D eigenvalue weighted by atomic mass is 32.2. The van der Waals surface area contributed by atoms with Crippen molar-refractivity contribution in [3.05, 3.63) is 28.7 Å². The number of hydrogen-bond acceptors (Lipinski definition) is 4. The number of sulfonamides is 1. The maximum absolute atomic E-state index is 11.1. The fourth-order valence-corrected chi connectivity index (χ4v) is 1.51. The van der Waals surface area contributed by atoms with E-state index in [9.17, 15) is 8.42 Å². The Morgan fingerprint density at radius 1 is 1.27 bits per heavy atom. The van der Waals surface area contributed by atoms with Crippen molar-refractivity contribution in [3.63, 3.8) is 0 Å². The maximum atomic E-state index is 11.1. The molecule has 0 bridgehead atoms. The number of hydrogen-bond donors (Lipinski definition) is 1. The average Bonchev–Trinajstić information content (AvgIpc) is 2.15. The predicted molar refractivity (Wildman–Crippen MR) is 58.1 cm³/mol. The molecular weight excluding hydrogens is 214 g/mol. The molecule has 0 spiro atoms. The molecule has 5 nitrogen and oxygen atoms in total. The summed E-state index contributed by atoms with van der Waals surface area (Å²) in [6.07, 6.45) is 3.11. The molecule has 1 aromatic heterocycles. The molecule has 0 amide bonds. The van der Waals surface area contributed by atoms with E-state index in [2.05, 4.69) is 9.97 Å². The van der Waals surface area contributed by atoms with Crippen molar-refractivity contribution in [1.82, 2.24) is 9.97 Å². The summed E-state index contributed by atoms with van der Waals surface area (Å²) >= 11 is 0. The summed E-state index contributed by atoms with van der Waals surface area (Å²) in [5.41, 5.74) is 1.82. The summed E-state index contributed by atoms with van der Waals surface area (Å²) in [4.78, 5) is 8.22. The van der Waals surface area contributed by atoms with Gasteiger partial charge >= 0.3 is 0 Å². The molecule has 0 aliphatic carbocycles. The molecule has 0 atom stereocenters. The molecule has 1 rings (SSSR count). The zero-order valence-corrected chi connectivity index (χ0v) is 9.67. The second-order valence-corrected chi connectivity index (χ2v) is 4.97. The molecule has 2 N–H and O–H groups in total. The average molecular weight is 227 g/mol. The molecule has 0 saturated carbocycles. The second kappa shape index (κ2) is 4.08. The molecule has 0 aliphatic heterocycles. The Balaban J connectivity index is 3.25. The molecule has 0 saturated heterocycles. The smallest absolute Gasteiger partial charge is 0.234 e. The zero-order chi connectivity index (χ0) is 11.6. The number of aryl methyl sites for hydroxylation is 1. The van der Waals surface area contributed by atoms with E-state index < -0.39 is 10.0 Å². The minimum Gasteiger partial charge on any atom is -0.258 e. The quantitative estimate of drug-likeness (QED) is 0.810. The molecule has 0 aromatic carbocycles. The minimum absolute atomic E-state index is 0.112. The second-order valence-electron chi connectivity index (χ2n) is 3.27. The van der Waals surface area contributed by atoms with Crippen molar-refractivity contribution in [2.45, 2.75) is 20.8 Å². The van der Waals surface area contributed by atoms with Crippen LogP contribution in [0.5, 0.6) is 0 Å². The van der Waals surface area contributed by atoms with Crippen LogP contribution in [0.15, 0.2) is 17.3 Å². The van der Waals surface area contributed by atoms with E-state index in [0.717, 1.165) is 5.69 Å². The third-order valence-corrected chi connectivity index (χ3v) is 3.28. The number of primary sulfonamides is 1. The lowest BCUT2D eigenvalue weighted by Crippen LogP contribution is -2.14. The highest BCUT2D eigenvalue weighted by Crippen LogP contribution is 2.17. The van der Waals surface area contributed by atoms with Crippen LogP contribution in [0.3, 0.4) is 0 Å². The maximum Gasteiger partial charge on any atom is 0.234 e. The van der Waals surface area contributed by atoms with Crippen LogP contribution in [0.4, 0.5) is 0 Å². The third kappa shape index (κ3) is 2.84. The molecule has 1 aromatic rings. The zero-order valence-electron chi connectivity index (χ0n) is 8.85. The van der Waals surface area contributed by atoms with Gasteiger partial charge in [0.25, 0.3) is 0 Å². The molecule has 6 heteroatoms. The Morgan fingerprint density at radius 3 is 2.27 bits per heavy atom. The number of nitrogens with two attached hydrogens (primary N) is 1. The molecule has 15 heavy (non-hydrogen) atoms. The van der Waals surface area contributed by atoms with Gasteiger partial charge in [-0.25, -0.2) is 13.6 Å². The molecular formula is C9H13N3O2S. The SMILES string of the molecule is C/C(=C(/C)S(N)(=O)=O)c1cnc(C)cn1. The van der Waals surface area contributed by atoms with E-state index >= 15 is 0 Å². The standard InChI is InChI=1S/C9H13N3O2S/c1-6-4-12-9(5-11-6)7(2)8(3)15(10,13)14/h4-5H,1-3H3,(H2,10,13,14)/b8-7+. The van der Waals surface area contributed by atoms with Crippen LogP contribution in [-0.2, 0) is 10.0 Å². The van der Waals surface area contributed by atoms with Crippen molar-refractivity contribution in [2.24, 2.45) is 5.14 Å². The van der Waals surface area contributed by atoms with Crippen LogP contribution >= 0.6 is 0 Å². The number of aromatic nitrogens is 2.